The molecule has 1 nitrogen and oxygen atoms in total. The molecule has 0 aromatic heterocycles. The van der Waals surface area contributed by atoms with E-state index in [0.717, 1.165) is 23.3 Å². The summed E-state index contributed by atoms with van der Waals surface area (Å²) in [5.74, 6) is 0.831. The number of nitrogens with zero attached hydrogens (tertiary/aromatic N) is 1. The first-order chi connectivity index (χ1) is 6.69. The summed E-state index contributed by atoms with van der Waals surface area (Å²) in [6.45, 7) is 8.35. The highest BCUT2D eigenvalue weighted by atomic mass is 79.9. The van der Waals surface area contributed by atoms with E-state index in [1.807, 2.05) is 0 Å². The predicted octanol–water partition coefficient (Wildman–Crippen LogP) is 3.67. The first kappa shape index (κ1) is 12.5. The fraction of sp³-hybridized carbons (Fsp3) is 1.00. The summed E-state index contributed by atoms with van der Waals surface area (Å²) >= 11 is 3.62. The monoisotopic (exact) mass is 261 g/mol. The van der Waals surface area contributed by atoms with Crippen molar-refractivity contribution in [2.45, 2.75) is 58.5 Å². The Balaban J connectivity index is 2.46. The summed E-state index contributed by atoms with van der Waals surface area (Å²) in [5, 5.41) is 1.15. The fourth-order valence-corrected chi connectivity index (χ4v) is 3.08. The molecule has 1 heterocycles. The Labute approximate surface area is 97.4 Å². The van der Waals surface area contributed by atoms with Crippen LogP contribution in [0.1, 0.15) is 46.5 Å². The Morgan fingerprint density at radius 3 is 2.29 bits per heavy atom. The molecule has 3 atom stereocenters. The quantitative estimate of drug-likeness (QED) is 0.699. The molecule has 0 N–H and O–H groups in total. The molecule has 1 rings (SSSR count). The second-order valence-electron chi connectivity index (χ2n) is 4.75. The van der Waals surface area contributed by atoms with Gasteiger partial charge in [-0.15, -0.1) is 0 Å². The van der Waals surface area contributed by atoms with Crippen LogP contribution in [0.5, 0.6) is 0 Å². The maximum absolute atomic E-state index is 3.62. The third-order valence-electron chi connectivity index (χ3n) is 3.64. The second-order valence-corrected chi connectivity index (χ2v) is 5.40. The fourth-order valence-electron chi connectivity index (χ4n) is 2.42. The zero-order valence-corrected chi connectivity index (χ0v) is 11.4. The molecule has 2 heteroatoms. The average Bonchev–Trinajstić information content (AvgIpc) is 2.18. The van der Waals surface area contributed by atoms with Crippen molar-refractivity contribution in [2.24, 2.45) is 5.92 Å². The van der Waals surface area contributed by atoms with Crippen LogP contribution in [-0.2, 0) is 0 Å². The van der Waals surface area contributed by atoms with Crippen molar-refractivity contribution < 1.29 is 0 Å². The lowest BCUT2D eigenvalue weighted by Gasteiger charge is -2.40. The number of halogens is 1. The zero-order chi connectivity index (χ0) is 10.6. The Morgan fingerprint density at radius 1 is 1.29 bits per heavy atom. The standard InChI is InChI=1S/C12H24BrN/c1-4-12(8-13)9-14-10(2)6-5-7-11(14)3/h10-12H,4-9H2,1-3H3/t10-,11+,12?. The van der Waals surface area contributed by atoms with Crippen molar-refractivity contribution in [1.82, 2.24) is 4.90 Å². The maximum atomic E-state index is 3.62. The molecule has 1 fully saturated rings. The van der Waals surface area contributed by atoms with Crippen molar-refractivity contribution in [3.05, 3.63) is 0 Å². The molecule has 0 aromatic carbocycles. The highest BCUT2D eigenvalue weighted by molar-refractivity contribution is 9.09. The van der Waals surface area contributed by atoms with E-state index in [9.17, 15) is 0 Å². The van der Waals surface area contributed by atoms with Crippen LogP contribution in [0.3, 0.4) is 0 Å². The van der Waals surface area contributed by atoms with Gasteiger partial charge in [-0.3, -0.25) is 4.90 Å². The van der Waals surface area contributed by atoms with Gasteiger partial charge < -0.3 is 0 Å². The Kier molecular flexibility index (Phi) is 5.47. The van der Waals surface area contributed by atoms with Crippen LogP contribution in [-0.4, -0.2) is 28.9 Å². The van der Waals surface area contributed by atoms with E-state index in [1.165, 1.54) is 32.2 Å². The van der Waals surface area contributed by atoms with Crippen molar-refractivity contribution in [3.63, 3.8) is 0 Å². The van der Waals surface area contributed by atoms with Gasteiger partial charge in [-0.25, -0.2) is 0 Å². The molecule has 0 amide bonds. The number of hydrogen-bond acceptors (Lipinski definition) is 1. The van der Waals surface area contributed by atoms with E-state index in [2.05, 4.69) is 41.6 Å². The van der Waals surface area contributed by atoms with E-state index in [0.29, 0.717) is 0 Å². The third kappa shape index (κ3) is 3.23. The molecule has 1 aliphatic heterocycles. The molecule has 0 aromatic rings. The van der Waals surface area contributed by atoms with Gasteiger partial charge in [-0.05, 0) is 32.6 Å². The van der Waals surface area contributed by atoms with Crippen molar-refractivity contribution >= 4 is 15.9 Å². The van der Waals surface area contributed by atoms with Crippen LogP contribution in [0.25, 0.3) is 0 Å². The normalized spacial score (nSPS) is 31.7. The largest absolute Gasteiger partial charge is 0.298 e. The summed E-state index contributed by atoms with van der Waals surface area (Å²) in [6, 6.07) is 1.60. The minimum absolute atomic E-state index is 0.798. The van der Waals surface area contributed by atoms with Gasteiger partial charge in [0.15, 0.2) is 0 Å². The lowest BCUT2D eigenvalue weighted by molar-refractivity contribution is 0.0872. The molecule has 84 valence electrons. The number of alkyl halides is 1. The Bertz CT molecular complexity index is 146. The van der Waals surface area contributed by atoms with Gasteiger partial charge in [0.25, 0.3) is 0 Å². The van der Waals surface area contributed by atoms with Crippen LogP contribution < -0.4 is 0 Å². The number of likely N-dealkylation sites (tertiary alicyclic amines) is 1. The molecular weight excluding hydrogens is 238 g/mol. The molecule has 1 unspecified atom stereocenters. The Hall–Kier alpha value is 0.440. The first-order valence-electron chi connectivity index (χ1n) is 6.00. The van der Waals surface area contributed by atoms with Gasteiger partial charge in [0, 0.05) is 24.0 Å². The number of hydrogen-bond donors (Lipinski definition) is 0. The highest BCUT2D eigenvalue weighted by Gasteiger charge is 2.25. The smallest absolute Gasteiger partial charge is 0.00717 e. The topological polar surface area (TPSA) is 3.24 Å². The molecule has 0 spiro atoms. The summed E-state index contributed by atoms with van der Waals surface area (Å²) in [7, 11) is 0. The molecule has 0 bridgehead atoms. The summed E-state index contributed by atoms with van der Waals surface area (Å²) in [4.78, 5) is 2.71. The second kappa shape index (κ2) is 6.12. The summed E-state index contributed by atoms with van der Waals surface area (Å²) in [5.41, 5.74) is 0. The number of piperidine rings is 1. The zero-order valence-electron chi connectivity index (χ0n) is 9.80. The average molecular weight is 262 g/mol. The minimum Gasteiger partial charge on any atom is -0.298 e. The maximum Gasteiger partial charge on any atom is 0.00717 e. The lowest BCUT2D eigenvalue weighted by Crippen LogP contribution is -2.46. The van der Waals surface area contributed by atoms with Gasteiger partial charge >= 0.3 is 0 Å². The van der Waals surface area contributed by atoms with E-state index < -0.39 is 0 Å². The predicted molar refractivity (Wildman–Crippen MR) is 67.1 cm³/mol. The molecule has 0 saturated carbocycles. The van der Waals surface area contributed by atoms with E-state index in [-0.39, 0.29) is 0 Å². The SMILES string of the molecule is CCC(CBr)CN1[C@H](C)CCC[C@@H]1C. The van der Waals surface area contributed by atoms with Crippen LogP contribution >= 0.6 is 15.9 Å². The van der Waals surface area contributed by atoms with E-state index in [4.69, 9.17) is 0 Å². The lowest BCUT2D eigenvalue weighted by atomic mass is 9.95. The molecule has 1 saturated heterocycles. The van der Waals surface area contributed by atoms with Gasteiger partial charge in [-0.1, -0.05) is 35.7 Å². The Morgan fingerprint density at radius 2 is 1.86 bits per heavy atom. The number of rotatable bonds is 4. The van der Waals surface area contributed by atoms with Crippen LogP contribution in [0.15, 0.2) is 0 Å². The molecule has 0 aliphatic carbocycles. The summed E-state index contributed by atoms with van der Waals surface area (Å²) < 4.78 is 0. The van der Waals surface area contributed by atoms with E-state index in [1.54, 1.807) is 0 Å². The van der Waals surface area contributed by atoms with Gasteiger partial charge in [0.2, 0.25) is 0 Å². The highest BCUT2D eigenvalue weighted by Crippen LogP contribution is 2.24. The van der Waals surface area contributed by atoms with Crippen molar-refractivity contribution in [2.75, 3.05) is 11.9 Å². The molecular formula is C12H24BrN. The van der Waals surface area contributed by atoms with Crippen LogP contribution in [0.2, 0.25) is 0 Å². The van der Waals surface area contributed by atoms with E-state index >= 15 is 0 Å². The third-order valence-corrected chi connectivity index (χ3v) is 4.56. The minimum atomic E-state index is 0.798. The van der Waals surface area contributed by atoms with Crippen LogP contribution in [0.4, 0.5) is 0 Å². The van der Waals surface area contributed by atoms with Crippen molar-refractivity contribution in [1.29, 1.82) is 0 Å². The van der Waals surface area contributed by atoms with Crippen molar-refractivity contribution in [3.8, 4) is 0 Å². The first-order valence-corrected chi connectivity index (χ1v) is 7.12. The molecule has 0 radical (unpaired) electrons. The van der Waals surface area contributed by atoms with Gasteiger partial charge in [0.1, 0.15) is 0 Å². The van der Waals surface area contributed by atoms with Gasteiger partial charge in [-0.2, -0.15) is 0 Å². The molecule has 14 heavy (non-hydrogen) atoms. The van der Waals surface area contributed by atoms with Crippen LogP contribution in [0, 0.1) is 5.92 Å². The molecule has 1 aliphatic rings. The summed E-state index contributed by atoms with van der Waals surface area (Å²) in [6.07, 6.45) is 5.50. The van der Waals surface area contributed by atoms with Gasteiger partial charge in [0.05, 0.1) is 0 Å².